The molecule has 0 spiro atoms. The van der Waals surface area contributed by atoms with E-state index in [1.807, 2.05) is 0 Å². The lowest BCUT2D eigenvalue weighted by Gasteiger charge is -2.35. The second-order valence-electron chi connectivity index (χ2n) is 39.3. The molecule has 52 heteroatoms. The van der Waals surface area contributed by atoms with Crippen molar-refractivity contribution in [3.8, 4) is 0 Å². The summed E-state index contributed by atoms with van der Waals surface area (Å²) in [5, 5.41) is 25.8. The Hall–Kier alpha value is -12.9. The van der Waals surface area contributed by atoms with Gasteiger partial charge in [-0.15, -0.1) is 0 Å². The number of piperazine rings is 4. The number of H-pyrrole nitrogens is 4. The maximum absolute atomic E-state index is 13.0. The maximum atomic E-state index is 13.0. The zero-order valence-corrected chi connectivity index (χ0v) is 82.3. The van der Waals surface area contributed by atoms with Crippen molar-refractivity contribution in [2.45, 2.75) is 254 Å². The van der Waals surface area contributed by atoms with E-state index in [9.17, 15) is 91.0 Å². The van der Waals surface area contributed by atoms with Gasteiger partial charge in [-0.25, -0.2) is 60.3 Å². The monoisotopic (exact) mass is 2080 g/mol. The van der Waals surface area contributed by atoms with Crippen LogP contribution >= 0.6 is 0 Å². The first kappa shape index (κ1) is 106. The van der Waals surface area contributed by atoms with E-state index in [1.54, 1.807) is 91.7 Å². The van der Waals surface area contributed by atoms with Gasteiger partial charge in [-0.1, -0.05) is 0 Å². The van der Waals surface area contributed by atoms with Gasteiger partial charge < -0.3 is 77.7 Å². The summed E-state index contributed by atoms with van der Waals surface area (Å²) in [6, 6.07) is 0.591. The number of hydrogen-bond acceptors (Lipinski definition) is 32. The van der Waals surface area contributed by atoms with Crippen LogP contribution in [0.1, 0.15) is 173 Å². The van der Waals surface area contributed by atoms with Gasteiger partial charge >= 0.3 is 24.7 Å². The molecule has 4 N–H and O–H groups in total. The number of ether oxygens (including phenoxy) is 4. The number of anilines is 8. The lowest BCUT2D eigenvalue weighted by Crippen LogP contribution is -2.49. The van der Waals surface area contributed by atoms with Gasteiger partial charge in [-0.05, 0) is 130 Å². The second kappa shape index (κ2) is 46.1. The van der Waals surface area contributed by atoms with Gasteiger partial charge in [0.15, 0.2) is 0 Å². The molecular formula is C96H120F12N28O12. The van der Waals surface area contributed by atoms with Crippen LogP contribution in [0.4, 0.5) is 99.2 Å². The highest BCUT2D eigenvalue weighted by molar-refractivity contribution is 5.79. The van der Waals surface area contributed by atoms with Crippen molar-refractivity contribution >= 4 is 70.2 Å². The molecular weight excluding hydrogens is 1970 g/mol. The summed E-state index contributed by atoms with van der Waals surface area (Å²) < 4.78 is 178. The SMILES string of the molecule is Cc1c(N2CCC[C@H]2[C@@H]2CC[C@@H](CC(=O)N3CCN(c4ncc(C(F)(F)F)cn4)CC3)O2)cn[nH]c1=O.Cc1c(N2CCC[C@H]2[C@@H]2CC[C@H](CC(=O)N3CCN(c4ncc(C(F)(F)F)cn4)CC3)O2)cn[nH]c1=O.Cc1c(N2CCC[C@H]2[C@H]2CC[C@@H](CC(=O)N3CCN(c4ncc(C(F)(F)F)cn4)CC3)O2)cn[nH]c1=O.Cc1c(N2CCC[C@H]2[C@H]2CC[C@H](CC(=O)N3CCN(c4ncc(C(F)(F)F)cn4)CC3)O2)cn[nH]c1=O. The number of aromatic amines is 4. The molecule has 4 amide bonds. The number of halogens is 12. The van der Waals surface area contributed by atoms with E-state index in [4.69, 9.17) is 18.9 Å². The fraction of sp³-hybridized carbons (Fsp3) is 0.625. The molecule has 0 unspecified atom stereocenters. The molecule has 0 bridgehead atoms. The molecule has 0 aliphatic carbocycles. The number of alkyl halides is 12. The Labute approximate surface area is 841 Å². The summed E-state index contributed by atoms with van der Waals surface area (Å²) in [5.74, 6) is 0.965. The highest BCUT2D eigenvalue weighted by atomic mass is 19.4. The Kier molecular flexibility index (Phi) is 33.1. The van der Waals surface area contributed by atoms with Gasteiger partial charge in [0.05, 0.1) is 168 Å². The summed E-state index contributed by atoms with van der Waals surface area (Å²) in [4.78, 5) is 154. The minimum absolute atomic E-state index is 0.00680. The van der Waals surface area contributed by atoms with Crippen molar-refractivity contribution in [1.29, 1.82) is 0 Å². The molecule has 0 saturated carbocycles. The zero-order chi connectivity index (χ0) is 105. The van der Waals surface area contributed by atoms with Crippen molar-refractivity contribution in [2.75, 3.05) is 170 Å². The molecule has 12 aliphatic rings. The largest absolute Gasteiger partial charge is 0.419 e. The van der Waals surface area contributed by atoms with E-state index in [-0.39, 0.29) is 143 Å². The van der Waals surface area contributed by atoms with Gasteiger partial charge in [0.2, 0.25) is 47.4 Å². The van der Waals surface area contributed by atoms with Crippen LogP contribution in [0.3, 0.4) is 0 Å². The summed E-state index contributed by atoms with van der Waals surface area (Å²) >= 11 is 0. The van der Waals surface area contributed by atoms with Gasteiger partial charge in [-0.2, -0.15) is 73.1 Å². The van der Waals surface area contributed by atoms with Gasteiger partial charge in [0.25, 0.3) is 22.2 Å². The Bertz CT molecular complexity index is 5390. The topological polar surface area (TPSA) is 430 Å². The molecule has 20 rings (SSSR count). The van der Waals surface area contributed by atoms with Crippen molar-refractivity contribution in [1.82, 2.24) is 100 Å². The predicted octanol–water partition coefficient (Wildman–Crippen LogP) is 8.57. The van der Waals surface area contributed by atoms with Crippen molar-refractivity contribution < 1.29 is 90.8 Å². The van der Waals surface area contributed by atoms with E-state index < -0.39 is 47.0 Å². The molecule has 148 heavy (non-hydrogen) atoms. The van der Waals surface area contributed by atoms with Crippen molar-refractivity contribution in [3.63, 3.8) is 0 Å². The van der Waals surface area contributed by atoms with E-state index >= 15 is 0 Å². The van der Waals surface area contributed by atoms with Crippen LogP contribution in [0.25, 0.3) is 0 Å². The van der Waals surface area contributed by atoms with Crippen LogP contribution in [0.5, 0.6) is 0 Å². The van der Waals surface area contributed by atoms with E-state index in [0.29, 0.717) is 153 Å². The normalized spacial score (nSPS) is 24.6. The van der Waals surface area contributed by atoms with Crippen LogP contribution in [0.2, 0.25) is 0 Å². The van der Waals surface area contributed by atoms with Gasteiger partial charge in [0.1, 0.15) is 0 Å². The summed E-state index contributed by atoms with van der Waals surface area (Å²) in [7, 11) is 0. The number of nitrogens with zero attached hydrogens (tertiary/aromatic N) is 24. The number of rotatable bonds is 20. The number of nitrogens with one attached hydrogen (secondary N) is 4. The first-order chi connectivity index (χ1) is 70.8. The number of carbonyl (C=O) groups excluding carboxylic acids is 4. The predicted molar refractivity (Wildman–Crippen MR) is 513 cm³/mol. The van der Waals surface area contributed by atoms with E-state index in [1.165, 1.54) is 0 Å². The third kappa shape index (κ3) is 25.3. The average Bonchev–Trinajstić information content (AvgIpc) is 1.68. The minimum Gasteiger partial charge on any atom is -0.372 e. The van der Waals surface area contributed by atoms with E-state index in [0.717, 1.165) is 201 Å². The Morgan fingerprint density at radius 2 is 0.453 bits per heavy atom. The highest BCUT2D eigenvalue weighted by Gasteiger charge is 2.47. The second-order valence-corrected chi connectivity index (χ2v) is 39.3. The van der Waals surface area contributed by atoms with E-state index in [2.05, 4.69) is 100 Å². The van der Waals surface area contributed by atoms with Crippen LogP contribution in [-0.4, -0.2) is 328 Å². The minimum atomic E-state index is -4.47. The van der Waals surface area contributed by atoms with Gasteiger partial charge in [0, 0.05) is 203 Å². The molecule has 20 heterocycles. The van der Waals surface area contributed by atoms with Crippen LogP contribution in [0, 0.1) is 27.7 Å². The molecule has 12 atom stereocenters. The quantitative estimate of drug-likeness (QED) is 0.0519. The molecule has 12 aliphatic heterocycles. The third-order valence-electron chi connectivity index (χ3n) is 30.2. The first-order valence-corrected chi connectivity index (χ1v) is 50.4. The molecule has 8 aromatic rings. The molecule has 0 radical (unpaired) electrons. The number of hydrogen-bond donors (Lipinski definition) is 4. The first-order valence-electron chi connectivity index (χ1n) is 50.4. The maximum Gasteiger partial charge on any atom is 0.419 e. The molecule has 0 aromatic carbocycles. The molecule has 40 nitrogen and oxygen atoms in total. The fourth-order valence-corrected chi connectivity index (χ4v) is 22.0. The lowest BCUT2D eigenvalue weighted by atomic mass is 10.0. The van der Waals surface area contributed by atoms with Crippen molar-refractivity contribution in [2.24, 2.45) is 0 Å². The van der Waals surface area contributed by atoms with Gasteiger partial charge in [-0.3, -0.25) is 38.4 Å². The summed E-state index contributed by atoms with van der Waals surface area (Å²) in [6.45, 7) is 17.7. The zero-order valence-electron chi connectivity index (χ0n) is 82.3. The molecule has 12 fully saturated rings. The number of carbonyl (C=O) groups is 4. The standard InChI is InChI=1S/4C24H30F3N7O3/c4*1-15-19(14-30-31-22(15)36)34-6-2-3-18(34)20-5-4-17(37-20)11-21(35)32-7-9-33(10-8-32)23-28-12-16(13-29-23)24(25,26)27/h4*12-14,17-18,20H,2-11H2,1H3,(H,31,36)/t17-,18+,20+;17-,18+,20-;17-,18-,20+;17-,18-,20-/m1100/s1. The summed E-state index contributed by atoms with van der Waals surface area (Å²) in [6.07, 6.45) is 10.2. The van der Waals surface area contributed by atoms with Crippen LogP contribution in [0.15, 0.2) is 93.5 Å². The fourth-order valence-electron chi connectivity index (χ4n) is 22.0. The highest BCUT2D eigenvalue weighted by Crippen LogP contribution is 2.43. The van der Waals surface area contributed by atoms with Crippen LogP contribution < -0.4 is 61.4 Å². The third-order valence-corrected chi connectivity index (χ3v) is 30.2. The number of aromatic nitrogens is 16. The average molecular weight is 2090 g/mol. The Balaban J connectivity index is 0.000000135. The lowest BCUT2D eigenvalue weighted by molar-refractivity contribution is -0.138. The van der Waals surface area contributed by atoms with Crippen molar-refractivity contribution in [3.05, 3.63) is 160 Å². The Morgan fingerprint density at radius 3 is 0.628 bits per heavy atom. The molecule has 8 aromatic heterocycles. The molecule has 800 valence electrons. The summed E-state index contributed by atoms with van der Waals surface area (Å²) in [5.41, 5.74) is 1.63. The molecule has 12 saturated heterocycles. The Morgan fingerprint density at radius 1 is 0.270 bits per heavy atom. The van der Waals surface area contributed by atoms with Crippen LogP contribution in [-0.2, 0) is 62.8 Å². The smallest absolute Gasteiger partial charge is 0.372 e. The number of amides is 4.